The molecule has 0 atom stereocenters. The molecule has 0 radical (unpaired) electrons. The molecule has 9 heteroatoms. The van der Waals surface area contributed by atoms with Gasteiger partial charge in [-0.1, -0.05) is 0 Å². The normalized spacial score (nSPS) is 10.7. The van der Waals surface area contributed by atoms with Crippen LogP contribution in [0.15, 0.2) is 30.5 Å². The van der Waals surface area contributed by atoms with E-state index in [2.05, 4.69) is 9.84 Å². The van der Waals surface area contributed by atoms with Gasteiger partial charge in [0.1, 0.15) is 6.20 Å². The number of ether oxygens (including phenoxy) is 1. The summed E-state index contributed by atoms with van der Waals surface area (Å²) in [5.41, 5.74) is -1.10. The first-order valence-corrected chi connectivity index (χ1v) is 5.65. The number of alkyl halides is 2. The third kappa shape index (κ3) is 2.86. The maximum Gasteiger partial charge on any atom is 0.337 e. The second-order valence-corrected chi connectivity index (χ2v) is 3.94. The van der Waals surface area contributed by atoms with Gasteiger partial charge in [-0.05, 0) is 24.3 Å². The number of hydrogen-bond acceptors (Lipinski definition) is 5. The quantitative estimate of drug-likeness (QED) is 0.491. The van der Waals surface area contributed by atoms with Crippen LogP contribution in [0.25, 0.3) is 5.69 Å². The van der Waals surface area contributed by atoms with Gasteiger partial charge < -0.3 is 4.74 Å². The SMILES string of the molecule is COC(=O)c1ccc(-n2cc([N+](=O)[O-])c(C(F)F)n2)cc1. The van der Waals surface area contributed by atoms with Gasteiger partial charge in [-0.3, -0.25) is 10.1 Å². The van der Waals surface area contributed by atoms with Crippen LogP contribution in [0.4, 0.5) is 14.5 Å². The predicted octanol–water partition coefficient (Wildman–Crippen LogP) is 2.50. The van der Waals surface area contributed by atoms with Crippen LogP contribution in [-0.4, -0.2) is 27.8 Å². The zero-order chi connectivity index (χ0) is 15.6. The molecule has 7 nitrogen and oxygen atoms in total. The van der Waals surface area contributed by atoms with Crippen LogP contribution in [0.3, 0.4) is 0 Å². The predicted molar refractivity (Wildman–Crippen MR) is 66.5 cm³/mol. The Balaban J connectivity index is 2.40. The first-order valence-electron chi connectivity index (χ1n) is 5.65. The largest absolute Gasteiger partial charge is 0.465 e. The van der Waals surface area contributed by atoms with Crippen molar-refractivity contribution < 1.29 is 23.2 Å². The molecule has 0 aliphatic carbocycles. The molecule has 0 amide bonds. The zero-order valence-corrected chi connectivity index (χ0v) is 10.7. The Labute approximate surface area is 116 Å². The summed E-state index contributed by atoms with van der Waals surface area (Å²) in [6.07, 6.45) is -2.16. The van der Waals surface area contributed by atoms with E-state index in [1.165, 1.54) is 31.4 Å². The minimum Gasteiger partial charge on any atom is -0.465 e. The van der Waals surface area contributed by atoms with E-state index < -0.39 is 28.7 Å². The lowest BCUT2D eigenvalue weighted by molar-refractivity contribution is -0.386. The summed E-state index contributed by atoms with van der Waals surface area (Å²) in [6.45, 7) is 0. The highest BCUT2D eigenvalue weighted by molar-refractivity contribution is 5.89. The van der Waals surface area contributed by atoms with E-state index >= 15 is 0 Å². The van der Waals surface area contributed by atoms with Gasteiger partial charge in [0.15, 0.2) is 0 Å². The van der Waals surface area contributed by atoms with Crippen LogP contribution in [-0.2, 0) is 4.74 Å². The van der Waals surface area contributed by atoms with Crippen LogP contribution in [0.1, 0.15) is 22.5 Å². The van der Waals surface area contributed by atoms with Crippen molar-refractivity contribution in [1.82, 2.24) is 9.78 Å². The maximum absolute atomic E-state index is 12.7. The highest BCUT2D eigenvalue weighted by atomic mass is 19.3. The molecule has 0 aliphatic rings. The Kier molecular flexibility index (Phi) is 3.92. The van der Waals surface area contributed by atoms with E-state index in [0.29, 0.717) is 5.69 Å². The number of esters is 1. The van der Waals surface area contributed by atoms with Crippen LogP contribution >= 0.6 is 0 Å². The number of benzene rings is 1. The molecule has 0 saturated carbocycles. The van der Waals surface area contributed by atoms with Crippen LogP contribution in [0.2, 0.25) is 0 Å². The highest BCUT2D eigenvalue weighted by Gasteiger charge is 2.27. The zero-order valence-electron chi connectivity index (χ0n) is 10.7. The summed E-state index contributed by atoms with van der Waals surface area (Å²) in [7, 11) is 1.22. The number of methoxy groups -OCH3 is 1. The van der Waals surface area contributed by atoms with Gasteiger partial charge >= 0.3 is 11.7 Å². The lowest BCUT2D eigenvalue weighted by atomic mass is 10.2. The van der Waals surface area contributed by atoms with Gasteiger partial charge in [-0.15, -0.1) is 0 Å². The minimum atomic E-state index is -3.05. The van der Waals surface area contributed by atoms with Crippen molar-refractivity contribution in [3.63, 3.8) is 0 Å². The molecular formula is C12H9F2N3O4. The number of rotatable bonds is 4. The number of halogens is 2. The summed E-state index contributed by atoms with van der Waals surface area (Å²) in [6, 6.07) is 5.63. The monoisotopic (exact) mass is 297 g/mol. The van der Waals surface area contributed by atoms with Gasteiger partial charge in [-0.25, -0.2) is 18.3 Å². The molecule has 2 aromatic rings. The molecule has 21 heavy (non-hydrogen) atoms. The van der Waals surface area contributed by atoms with E-state index in [4.69, 9.17) is 0 Å². The number of carbonyl (C=O) groups is 1. The van der Waals surface area contributed by atoms with Crippen molar-refractivity contribution in [1.29, 1.82) is 0 Å². The third-order valence-corrected chi connectivity index (χ3v) is 2.68. The topological polar surface area (TPSA) is 87.3 Å². The fraction of sp³-hybridized carbons (Fsp3) is 0.167. The molecule has 1 aromatic heterocycles. The summed E-state index contributed by atoms with van der Waals surface area (Å²) in [5, 5.41) is 14.2. The second-order valence-electron chi connectivity index (χ2n) is 3.94. The molecule has 0 fully saturated rings. The standard InChI is InChI=1S/C12H9F2N3O4/c1-21-12(18)7-2-4-8(5-3-7)16-6-9(17(19)20)10(15-16)11(13)14/h2-6,11H,1H3. The molecule has 110 valence electrons. The van der Waals surface area contributed by atoms with Crippen LogP contribution < -0.4 is 0 Å². The van der Waals surface area contributed by atoms with E-state index in [-0.39, 0.29) is 5.56 Å². The van der Waals surface area contributed by atoms with E-state index in [1.807, 2.05) is 0 Å². The van der Waals surface area contributed by atoms with Gasteiger partial charge in [0.05, 0.1) is 23.3 Å². The Morgan fingerprint density at radius 1 is 1.38 bits per heavy atom. The average molecular weight is 297 g/mol. The van der Waals surface area contributed by atoms with Crippen molar-refractivity contribution in [3.8, 4) is 5.69 Å². The molecule has 0 saturated heterocycles. The van der Waals surface area contributed by atoms with Crippen LogP contribution in [0.5, 0.6) is 0 Å². The third-order valence-electron chi connectivity index (χ3n) is 2.68. The number of nitrogens with zero attached hydrogens (tertiary/aromatic N) is 3. The Bertz CT molecular complexity index is 682. The van der Waals surface area contributed by atoms with Crippen LogP contribution in [0, 0.1) is 10.1 Å². The van der Waals surface area contributed by atoms with Gasteiger partial charge in [0.25, 0.3) is 6.43 Å². The minimum absolute atomic E-state index is 0.261. The second kappa shape index (κ2) is 5.65. The van der Waals surface area contributed by atoms with Crippen molar-refractivity contribution in [2.45, 2.75) is 6.43 Å². The fourth-order valence-electron chi connectivity index (χ4n) is 1.67. The molecular weight excluding hydrogens is 288 g/mol. The van der Waals surface area contributed by atoms with Crippen molar-refractivity contribution >= 4 is 11.7 Å². The average Bonchev–Trinajstić information content (AvgIpc) is 2.92. The Hall–Kier alpha value is -2.84. The lowest BCUT2D eigenvalue weighted by Gasteiger charge is -2.02. The highest BCUT2D eigenvalue weighted by Crippen LogP contribution is 2.28. The smallest absolute Gasteiger partial charge is 0.337 e. The first kappa shape index (κ1) is 14.6. The summed E-state index contributed by atoms with van der Waals surface area (Å²) >= 11 is 0. The molecule has 0 aliphatic heterocycles. The summed E-state index contributed by atoms with van der Waals surface area (Å²) < 4.78 is 30.9. The molecule has 0 N–H and O–H groups in total. The summed E-state index contributed by atoms with van der Waals surface area (Å²) in [5.74, 6) is -0.554. The van der Waals surface area contributed by atoms with E-state index in [1.54, 1.807) is 0 Å². The number of hydrogen-bond donors (Lipinski definition) is 0. The Morgan fingerprint density at radius 3 is 2.43 bits per heavy atom. The molecule has 0 bridgehead atoms. The van der Waals surface area contributed by atoms with Gasteiger partial charge in [0, 0.05) is 0 Å². The molecule has 1 heterocycles. The summed E-state index contributed by atoms with van der Waals surface area (Å²) in [4.78, 5) is 21.1. The van der Waals surface area contributed by atoms with Crippen molar-refractivity contribution in [2.75, 3.05) is 7.11 Å². The van der Waals surface area contributed by atoms with Gasteiger partial charge in [-0.2, -0.15) is 5.10 Å². The van der Waals surface area contributed by atoms with E-state index in [0.717, 1.165) is 10.9 Å². The fourth-order valence-corrected chi connectivity index (χ4v) is 1.67. The molecule has 0 spiro atoms. The Morgan fingerprint density at radius 2 is 2.00 bits per heavy atom. The maximum atomic E-state index is 12.7. The molecule has 0 unspecified atom stereocenters. The van der Waals surface area contributed by atoms with Crippen molar-refractivity contribution in [2.24, 2.45) is 0 Å². The molecule has 2 rings (SSSR count). The lowest BCUT2D eigenvalue weighted by Crippen LogP contribution is -2.02. The first-order chi connectivity index (χ1) is 9.93. The number of nitro groups is 1. The van der Waals surface area contributed by atoms with Crippen molar-refractivity contribution in [3.05, 3.63) is 51.8 Å². The van der Waals surface area contributed by atoms with E-state index in [9.17, 15) is 23.7 Å². The number of aromatic nitrogens is 2. The van der Waals surface area contributed by atoms with Gasteiger partial charge in [0.2, 0.25) is 5.69 Å². The molecule has 1 aromatic carbocycles. The number of carbonyl (C=O) groups excluding carboxylic acids is 1.